The smallest absolute Gasteiger partial charge is 0.325 e. The summed E-state index contributed by atoms with van der Waals surface area (Å²) in [6.07, 6.45) is 1.59. The molecule has 1 atom stereocenters. The Kier molecular flexibility index (Phi) is 3.93. The van der Waals surface area contributed by atoms with Crippen LogP contribution >= 0.6 is 0 Å². The molecule has 112 valence electrons. The van der Waals surface area contributed by atoms with E-state index in [2.05, 4.69) is 15.4 Å². The number of hydrogen-bond acceptors (Lipinski definition) is 4. The summed E-state index contributed by atoms with van der Waals surface area (Å²) in [4.78, 5) is 27.5. The average molecular weight is 290 g/mol. The molecule has 0 saturated carbocycles. The van der Waals surface area contributed by atoms with Crippen LogP contribution in [0.15, 0.2) is 12.3 Å². The molecule has 0 unspecified atom stereocenters. The topological polar surface area (TPSA) is 97.1 Å². The monoisotopic (exact) mass is 290 g/mol. The van der Waals surface area contributed by atoms with E-state index in [0.717, 1.165) is 0 Å². The summed E-state index contributed by atoms with van der Waals surface area (Å²) in [5.74, 6) is -1.52. The summed E-state index contributed by atoms with van der Waals surface area (Å²) in [5, 5.41) is 16.2. The van der Waals surface area contributed by atoms with Crippen molar-refractivity contribution in [2.24, 2.45) is 0 Å². The molecule has 0 saturated heterocycles. The van der Waals surface area contributed by atoms with E-state index in [-0.39, 0.29) is 6.04 Å². The van der Waals surface area contributed by atoms with Crippen LogP contribution in [-0.4, -0.2) is 37.8 Å². The van der Waals surface area contributed by atoms with Crippen LogP contribution in [0, 0.1) is 6.92 Å². The first-order valence-corrected chi connectivity index (χ1v) is 6.69. The van der Waals surface area contributed by atoms with Crippen molar-refractivity contribution in [1.29, 1.82) is 0 Å². The highest BCUT2D eigenvalue weighted by Crippen LogP contribution is 2.21. The molecule has 0 aliphatic rings. The molecule has 0 spiro atoms. The fourth-order valence-electron chi connectivity index (χ4n) is 2.05. The van der Waals surface area contributed by atoms with E-state index in [4.69, 9.17) is 5.11 Å². The van der Waals surface area contributed by atoms with Crippen molar-refractivity contribution in [3.05, 3.63) is 23.5 Å². The second-order valence-electron chi connectivity index (χ2n) is 5.26. The number of carbonyl (C=O) groups excluding carboxylic acids is 1. The summed E-state index contributed by atoms with van der Waals surface area (Å²) in [6, 6.07) is 0.797. The van der Waals surface area contributed by atoms with Gasteiger partial charge in [0.25, 0.3) is 5.91 Å². The highest BCUT2D eigenvalue weighted by molar-refractivity contribution is 6.06. The van der Waals surface area contributed by atoms with Gasteiger partial charge in [-0.1, -0.05) is 0 Å². The maximum Gasteiger partial charge on any atom is 0.325 e. The first kappa shape index (κ1) is 15.0. The van der Waals surface area contributed by atoms with Gasteiger partial charge in [-0.15, -0.1) is 0 Å². The van der Waals surface area contributed by atoms with Gasteiger partial charge >= 0.3 is 5.97 Å². The molecule has 2 aromatic rings. The Morgan fingerprint density at radius 3 is 2.57 bits per heavy atom. The van der Waals surface area contributed by atoms with E-state index >= 15 is 0 Å². The number of nitrogens with one attached hydrogen (secondary N) is 1. The Balaban J connectivity index is 2.49. The number of carboxylic acids is 1. The third kappa shape index (κ3) is 2.86. The Labute approximate surface area is 122 Å². The van der Waals surface area contributed by atoms with Crippen LogP contribution in [0.4, 0.5) is 0 Å². The highest BCUT2D eigenvalue weighted by atomic mass is 16.4. The molecular formula is C14H18N4O3. The quantitative estimate of drug-likeness (QED) is 0.889. The standard InChI is InChI=1S/C14H18N4O3/c1-7(2)18-12-11(6-15-18)10(5-8(3)16-12)13(19)17-9(4)14(20)21/h5-7,9H,1-4H3,(H,17,19)(H,20,21)/t9-/m1/s1. The number of pyridine rings is 1. The van der Waals surface area contributed by atoms with Gasteiger partial charge in [-0.3, -0.25) is 9.59 Å². The van der Waals surface area contributed by atoms with Crippen LogP contribution in [-0.2, 0) is 4.79 Å². The number of aromatic nitrogens is 3. The Hall–Kier alpha value is -2.44. The molecule has 7 heteroatoms. The van der Waals surface area contributed by atoms with E-state index in [1.165, 1.54) is 6.92 Å². The van der Waals surface area contributed by atoms with Crippen molar-refractivity contribution in [2.45, 2.75) is 39.8 Å². The molecule has 0 radical (unpaired) electrons. The fourth-order valence-corrected chi connectivity index (χ4v) is 2.05. The lowest BCUT2D eigenvalue weighted by Gasteiger charge is -2.11. The number of aliphatic carboxylic acids is 1. The maximum atomic E-state index is 12.3. The van der Waals surface area contributed by atoms with Crippen molar-refractivity contribution in [2.75, 3.05) is 0 Å². The molecule has 2 heterocycles. The van der Waals surface area contributed by atoms with Crippen LogP contribution in [0.5, 0.6) is 0 Å². The van der Waals surface area contributed by atoms with Gasteiger partial charge < -0.3 is 10.4 Å². The largest absolute Gasteiger partial charge is 0.480 e. The summed E-state index contributed by atoms with van der Waals surface area (Å²) >= 11 is 0. The average Bonchev–Trinajstić information content (AvgIpc) is 2.80. The van der Waals surface area contributed by atoms with Gasteiger partial charge in [0.05, 0.1) is 17.1 Å². The molecule has 2 rings (SSSR count). The first-order chi connectivity index (χ1) is 9.81. The molecule has 0 aromatic carbocycles. The van der Waals surface area contributed by atoms with Gasteiger partial charge in [0.15, 0.2) is 5.65 Å². The fraction of sp³-hybridized carbons (Fsp3) is 0.429. The molecule has 0 bridgehead atoms. The molecule has 0 fully saturated rings. The molecule has 0 aliphatic heterocycles. The number of carboxylic acid groups (broad SMARTS) is 1. The Bertz CT molecular complexity index is 706. The lowest BCUT2D eigenvalue weighted by atomic mass is 10.1. The summed E-state index contributed by atoms with van der Waals surface area (Å²) in [5.41, 5.74) is 1.69. The third-order valence-electron chi connectivity index (χ3n) is 3.15. The summed E-state index contributed by atoms with van der Waals surface area (Å²) < 4.78 is 1.74. The Morgan fingerprint density at radius 1 is 1.33 bits per heavy atom. The van der Waals surface area contributed by atoms with Crippen molar-refractivity contribution >= 4 is 22.9 Å². The summed E-state index contributed by atoms with van der Waals surface area (Å²) in [7, 11) is 0. The van der Waals surface area contributed by atoms with Crippen molar-refractivity contribution in [1.82, 2.24) is 20.1 Å². The van der Waals surface area contributed by atoms with Gasteiger partial charge in [0.2, 0.25) is 0 Å². The van der Waals surface area contributed by atoms with E-state index in [1.807, 2.05) is 13.8 Å². The Morgan fingerprint density at radius 2 is 2.00 bits per heavy atom. The minimum Gasteiger partial charge on any atom is -0.480 e. The SMILES string of the molecule is Cc1cc(C(=O)N[C@H](C)C(=O)O)c2cnn(C(C)C)c2n1. The van der Waals surface area contributed by atoms with Crippen LogP contribution in [0.1, 0.15) is 42.9 Å². The van der Waals surface area contributed by atoms with Crippen LogP contribution in [0.3, 0.4) is 0 Å². The van der Waals surface area contributed by atoms with E-state index < -0.39 is 17.9 Å². The maximum absolute atomic E-state index is 12.3. The van der Waals surface area contributed by atoms with E-state index in [1.54, 1.807) is 23.9 Å². The second-order valence-corrected chi connectivity index (χ2v) is 5.26. The molecule has 7 nitrogen and oxygen atoms in total. The lowest BCUT2D eigenvalue weighted by Crippen LogP contribution is -2.38. The molecular weight excluding hydrogens is 272 g/mol. The summed E-state index contributed by atoms with van der Waals surface area (Å²) in [6.45, 7) is 7.16. The molecule has 2 aromatic heterocycles. The van der Waals surface area contributed by atoms with Crippen molar-refractivity contribution < 1.29 is 14.7 Å². The van der Waals surface area contributed by atoms with Crippen LogP contribution in [0.2, 0.25) is 0 Å². The van der Waals surface area contributed by atoms with Gasteiger partial charge in [-0.05, 0) is 33.8 Å². The zero-order chi connectivity index (χ0) is 15.7. The molecule has 21 heavy (non-hydrogen) atoms. The van der Waals surface area contributed by atoms with E-state index in [0.29, 0.717) is 22.3 Å². The van der Waals surface area contributed by atoms with Gasteiger partial charge in [-0.25, -0.2) is 9.67 Å². The second kappa shape index (κ2) is 5.51. The minimum atomic E-state index is -1.08. The van der Waals surface area contributed by atoms with Gasteiger partial charge in [0, 0.05) is 11.7 Å². The zero-order valence-corrected chi connectivity index (χ0v) is 12.4. The number of rotatable bonds is 4. The number of amides is 1. The zero-order valence-electron chi connectivity index (χ0n) is 12.4. The van der Waals surface area contributed by atoms with Crippen LogP contribution < -0.4 is 5.32 Å². The molecule has 1 amide bonds. The van der Waals surface area contributed by atoms with Gasteiger partial charge in [0.1, 0.15) is 6.04 Å². The molecule has 0 aliphatic carbocycles. The normalized spacial score (nSPS) is 12.6. The number of carbonyl (C=O) groups is 2. The predicted molar refractivity (Wildman–Crippen MR) is 77.2 cm³/mol. The lowest BCUT2D eigenvalue weighted by molar-refractivity contribution is -0.138. The van der Waals surface area contributed by atoms with Crippen molar-refractivity contribution in [3.8, 4) is 0 Å². The number of hydrogen-bond donors (Lipinski definition) is 2. The first-order valence-electron chi connectivity index (χ1n) is 6.69. The van der Waals surface area contributed by atoms with Crippen LogP contribution in [0.25, 0.3) is 11.0 Å². The third-order valence-corrected chi connectivity index (χ3v) is 3.15. The van der Waals surface area contributed by atoms with Gasteiger partial charge in [-0.2, -0.15) is 5.10 Å². The highest BCUT2D eigenvalue weighted by Gasteiger charge is 2.20. The predicted octanol–water partition coefficient (Wildman–Crippen LogP) is 1.52. The minimum absolute atomic E-state index is 0.116. The van der Waals surface area contributed by atoms with Crippen molar-refractivity contribution in [3.63, 3.8) is 0 Å². The number of fused-ring (bicyclic) bond motifs is 1. The number of nitrogens with zero attached hydrogens (tertiary/aromatic N) is 3. The number of aryl methyl sites for hydroxylation is 1. The van der Waals surface area contributed by atoms with E-state index in [9.17, 15) is 9.59 Å². The molecule has 2 N–H and O–H groups in total.